The number of halogens is 1. The fourth-order valence-corrected chi connectivity index (χ4v) is 2.32. The lowest BCUT2D eigenvalue weighted by Gasteiger charge is -2.12. The van der Waals surface area contributed by atoms with Gasteiger partial charge in [0, 0.05) is 10.6 Å². The van der Waals surface area contributed by atoms with Gasteiger partial charge < -0.3 is 4.74 Å². The first-order valence-corrected chi connectivity index (χ1v) is 8.39. The largest absolute Gasteiger partial charge is 0.455 e. The van der Waals surface area contributed by atoms with Crippen molar-refractivity contribution in [3.63, 3.8) is 0 Å². The van der Waals surface area contributed by atoms with E-state index in [1.807, 2.05) is 37.3 Å². The number of amides is 2. The first kappa shape index (κ1) is 19.5. The second-order valence-electron chi connectivity index (χ2n) is 5.69. The fraction of sp³-hybridized carbons (Fsp3) is 0.211. The van der Waals surface area contributed by atoms with Crippen LogP contribution in [-0.2, 0) is 14.3 Å². The van der Waals surface area contributed by atoms with E-state index < -0.39 is 24.4 Å². The van der Waals surface area contributed by atoms with Crippen molar-refractivity contribution in [2.45, 2.75) is 19.3 Å². The first-order chi connectivity index (χ1) is 12.5. The van der Waals surface area contributed by atoms with Crippen LogP contribution in [0, 0.1) is 0 Å². The molecule has 2 rings (SSSR count). The van der Waals surface area contributed by atoms with Crippen LogP contribution in [0.4, 0.5) is 0 Å². The smallest absolute Gasteiger partial charge is 0.306 e. The standard InChI is InChI=1S/C19H19ClN2O4/c1-13(14-5-3-2-4-6-14)11-18(24)26-12-17(23)21-22-19(25)15-7-9-16(20)10-8-15/h2-10,13H,11-12H2,1H3,(H,21,23)(H,22,25)/t13-/m0/s1. The molecule has 0 unspecified atom stereocenters. The van der Waals surface area contributed by atoms with Gasteiger partial charge in [0.1, 0.15) is 0 Å². The van der Waals surface area contributed by atoms with Gasteiger partial charge in [-0.15, -0.1) is 0 Å². The number of hydrogen-bond acceptors (Lipinski definition) is 4. The summed E-state index contributed by atoms with van der Waals surface area (Å²) in [6.07, 6.45) is 0.161. The van der Waals surface area contributed by atoms with Gasteiger partial charge in [0.25, 0.3) is 11.8 Å². The van der Waals surface area contributed by atoms with Gasteiger partial charge in [0.15, 0.2) is 6.61 Å². The van der Waals surface area contributed by atoms with Crippen LogP contribution in [-0.4, -0.2) is 24.4 Å². The second kappa shape index (κ2) is 9.58. The van der Waals surface area contributed by atoms with Gasteiger partial charge in [0.05, 0.1) is 6.42 Å². The molecule has 2 aromatic rings. The number of benzene rings is 2. The number of hydrogen-bond donors (Lipinski definition) is 2. The lowest BCUT2D eigenvalue weighted by atomic mass is 9.98. The molecule has 0 radical (unpaired) electrons. The Morgan fingerprint density at radius 1 is 1.00 bits per heavy atom. The Kier molecular flexibility index (Phi) is 7.17. The molecule has 0 aliphatic heterocycles. The van der Waals surface area contributed by atoms with Gasteiger partial charge in [-0.2, -0.15) is 0 Å². The van der Waals surface area contributed by atoms with E-state index in [0.29, 0.717) is 10.6 Å². The summed E-state index contributed by atoms with van der Waals surface area (Å²) in [6.45, 7) is 1.43. The summed E-state index contributed by atoms with van der Waals surface area (Å²) in [6, 6.07) is 15.7. The molecule has 0 fully saturated rings. The van der Waals surface area contributed by atoms with E-state index >= 15 is 0 Å². The molecule has 2 aromatic carbocycles. The maximum Gasteiger partial charge on any atom is 0.306 e. The van der Waals surface area contributed by atoms with E-state index in [0.717, 1.165) is 5.56 Å². The molecule has 26 heavy (non-hydrogen) atoms. The summed E-state index contributed by atoms with van der Waals surface area (Å²) in [5, 5.41) is 0.502. The van der Waals surface area contributed by atoms with Crippen molar-refractivity contribution in [2.75, 3.05) is 6.61 Å². The molecule has 0 heterocycles. The molecule has 6 nitrogen and oxygen atoms in total. The molecule has 0 saturated heterocycles. The quantitative estimate of drug-likeness (QED) is 0.601. The maximum atomic E-state index is 11.8. The summed E-state index contributed by atoms with van der Waals surface area (Å²) in [5.41, 5.74) is 5.78. The molecule has 0 spiro atoms. The van der Waals surface area contributed by atoms with Crippen LogP contribution in [0.25, 0.3) is 0 Å². The Morgan fingerprint density at radius 3 is 2.31 bits per heavy atom. The van der Waals surface area contributed by atoms with Crippen molar-refractivity contribution in [1.82, 2.24) is 10.9 Å². The fourth-order valence-electron chi connectivity index (χ4n) is 2.19. The van der Waals surface area contributed by atoms with Gasteiger partial charge in [-0.25, -0.2) is 0 Å². The van der Waals surface area contributed by atoms with E-state index in [-0.39, 0.29) is 12.3 Å². The molecule has 136 valence electrons. The molecule has 0 bridgehead atoms. The molecule has 0 aromatic heterocycles. The number of nitrogens with one attached hydrogen (secondary N) is 2. The summed E-state index contributed by atoms with van der Waals surface area (Å²) in [4.78, 5) is 35.3. The summed E-state index contributed by atoms with van der Waals surface area (Å²) in [5.74, 6) is -1.64. The Balaban J connectivity index is 1.70. The van der Waals surface area contributed by atoms with Crippen LogP contribution in [0.2, 0.25) is 5.02 Å². The highest BCUT2D eigenvalue weighted by atomic mass is 35.5. The number of ether oxygens (including phenoxy) is 1. The molecule has 2 amide bonds. The van der Waals surface area contributed by atoms with Crippen LogP contribution in [0.1, 0.15) is 35.2 Å². The van der Waals surface area contributed by atoms with Crippen molar-refractivity contribution in [2.24, 2.45) is 0 Å². The first-order valence-electron chi connectivity index (χ1n) is 8.01. The zero-order valence-electron chi connectivity index (χ0n) is 14.2. The zero-order chi connectivity index (χ0) is 18.9. The van der Waals surface area contributed by atoms with E-state index in [2.05, 4.69) is 10.9 Å². The van der Waals surface area contributed by atoms with E-state index in [9.17, 15) is 14.4 Å². The monoisotopic (exact) mass is 374 g/mol. The number of hydrazine groups is 1. The van der Waals surface area contributed by atoms with Crippen LogP contribution in [0.5, 0.6) is 0 Å². The third-order valence-corrected chi connectivity index (χ3v) is 3.88. The second-order valence-corrected chi connectivity index (χ2v) is 6.12. The normalized spacial score (nSPS) is 11.3. The molecule has 0 saturated carbocycles. The predicted octanol–water partition coefficient (Wildman–Crippen LogP) is 2.84. The number of carbonyl (C=O) groups excluding carboxylic acids is 3. The number of rotatable bonds is 6. The van der Waals surface area contributed by atoms with E-state index in [1.165, 1.54) is 12.1 Å². The Labute approximate surface area is 156 Å². The third kappa shape index (κ3) is 6.22. The Bertz CT molecular complexity index is 763. The minimum Gasteiger partial charge on any atom is -0.455 e. The topological polar surface area (TPSA) is 84.5 Å². The van der Waals surface area contributed by atoms with Crippen molar-refractivity contribution >= 4 is 29.4 Å². The predicted molar refractivity (Wildman–Crippen MR) is 97.5 cm³/mol. The van der Waals surface area contributed by atoms with Crippen LogP contribution in [0.15, 0.2) is 54.6 Å². The number of esters is 1. The zero-order valence-corrected chi connectivity index (χ0v) is 15.0. The molecule has 0 aliphatic rings. The van der Waals surface area contributed by atoms with Gasteiger partial charge in [0.2, 0.25) is 0 Å². The minimum absolute atomic E-state index is 0.0173. The molecular formula is C19H19ClN2O4. The molecule has 2 N–H and O–H groups in total. The summed E-state index contributed by atoms with van der Waals surface area (Å²) < 4.78 is 4.93. The highest BCUT2D eigenvalue weighted by Gasteiger charge is 2.14. The lowest BCUT2D eigenvalue weighted by Crippen LogP contribution is -2.43. The van der Waals surface area contributed by atoms with Crippen LogP contribution < -0.4 is 10.9 Å². The summed E-state index contributed by atoms with van der Waals surface area (Å²) in [7, 11) is 0. The lowest BCUT2D eigenvalue weighted by molar-refractivity contribution is -0.149. The van der Waals surface area contributed by atoms with Gasteiger partial charge in [-0.1, -0.05) is 48.9 Å². The van der Waals surface area contributed by atoms with Crippen molar-refractivity contribution in [3.8, 4) is 0 Å². The van der Waals surface area contributed by atoms with E-state index in [1.54, 1.807) is 12.1 Å². The average Bonchev–Trinajstić information content (AvgIpc) is 2.65. The third-order valence-electron chi connectivity index (χ3n) is 3.63. The SMILES string of the molecule is C[C@@H](CC(=O)OCC(=O)NNC(=O)c1ccc(Cl)cc1)c1ccccc1. The number of carbonyl (C=O) groups is 3. The van der Waals surface area contributed by atoms with Crippen molar-refractivity contribution in [1.29, 1.82) is 0 Å². The van der Waals surface area contributed by atoms with Crippen molar-refractivity contribution in [3.05, 3.63) is 70.7 Å². The highest BCUT2D eigenvalue weighted by molar-refractivity contribution is 6.30. The van der Waals surface area contributed by atoms with Gasteiger partial charge >= 0.3 is 5.97 Å². The van der Waals surface area contributed by atoms with Crippen LogP contribution >= 0.6 is 11.6 Å². The Morgan fingerprint density at radius 2 is 1.65 bits per heavy atom. The summed E-state index contributed by atoms with van der Waals surface area (Å²) >= 11 is 5.74. The average molecular weight is 375 g/mol. The minimum atomic E-state index is -0.631. The molecule has 7 heteroatoms. The highest BCUT2D eigenvalue weighted by Crippen LogP contribution is 2.18. The molecule has 0 aliphatic carbocycles. The molecular weight excluding hydrogens is 356 g/mol. The van der Waals surface area contributed by atoms with E-state index in [4.69, 9.17) is 16.3 Å². The maximum absolute atomic E-state index is 11.8. The molecule has 1 atom stereocenters. The van der Waals surface area contributed by atoms with Gasteiger partial charge in [-0.3, -0.25) is 25.2 Å². The van der Waals surface area contributed by atoms with Crippen LogP contribution in [0.3, 0.4) is 0 Å². The van der Waals surface area contributed by atoms with Gasteiger partial charge in [-0.05, 0) is 35.7 Å². The Hall–Kier alpha value is -2.86. The van der Waals surface area contributed by atoms with Crippen molar-refractivity contribution < 1.29 is 19.1 Å².